The molecule has 0 radical (unpaired) electrons. The number of aliphatic carboxylic acids is 2. The van der Waals surface area contributed by atoms with Crippen LogP contribution in [0.1, 0.15) is 6.92 Å². The SMILES string of the molecule is C[C@H](CN(CC(N)=O)CC(=O)O)N(CC#N)CC(=O)O. The summed E-state index contributed by atoms with van der Waals surface area (Å²) in [5.41, 5.74) is 5.03. The van der Waals surface area contributed by atoms with Gasteiger partial charge in [0.2, 0.25) is 5.91 Å². The summed E-state index contributed by atoms with van der Waals surface area (Å²) >= 11 is 0. The Labute approximate surface area is 116 Å². The Kier molecular flexibility index (Phi) is 7.88. The van der Waals surface area contributed by atoms with Crippen LogP contribution in [0, 0.1) is 11.3 Å². The molecule has 20 heavy (non-hydrogen) atoms. The Morgan fingerprint density at radius 1 is 1.20 bits per heavy atom. The maximum Gasteiger partial charge on any atom is 0.317 e. The summed E-state index contributed by atoms with van der Waals surface area (Å²) in [4.78, 5) is 34.9. The molecule has 0 fully saturated rings. The highest BCUT2D eigenvalue weighted by Gasteiger charge is 2.21. The summed E-state index contributed by atoms with van der Waals surface area (Å²) in [6.07, 6.45) is 0. The molecule has 0 unspecified atom stereocenters. The number of rotatable bonds is 10. The van der Waals surface area contributed by atoms with Crippen LogP contribution in [0.25, 0.3) is 0 Å². The molecule has 0 saturated heterocycles. The van der Waals surface area contributed by atoms with Crippen LogP contribution in [-0.2, 0) is 14.4 Å². The summed E-state index contributed by atoms with van der Waals surface area (Å²) in [7, 11) is 0. The molecule has 0 aromatic heterocycles. The lowest BCUT2D eigenvalue weighted by molar-refractivity contribution is -0.141. The summed E-state index contributed by atoms with van der Waals surface area (Å²) in [6.45, 7) is 0.683. The van der Waals surface area contributed by atoms with Crippen LogP contribution in [0.15, 0.2) is 0 Å². The van der Waals surface area contributed by atoms with Crippen molar-refractivity contribution < 1.29 is 24.6 Å². The van der Waals surface area contributed by atoms with Gasteiger partial charge in [-0.15, -0.1) is 0 Å². The van der Waals surface area contributed by atoms with E-state index in [1.165, 1.54) is 9.80 Å². The molecule has 0 aromatic rings. The number of amides is 1. The molecular weight excluding hydrogens is 268 g/mol. The van der Waals surface area contributed by atoms with Gasteiger partial charge in [0.1, 0.15) is 0 Å². The minimum Gasteiger partial charge on any atom is -0.480 e. The number of carboxylic acids is 2. The van der Waals surface area contributed by atoms with Crippen molar-refractivity contribution in [2.75, 3.05) is 32.7 Å². The van der Waals surface area contributed by atoms with E-state index in [2.05, 4.69) is 0 Å². The molecular formula is C11H18N4O5. The zero-order valence-electron chi connectivity index (χ0n) is 11.2. The second-order valence-electron chi connectivity index (χ2n) is 4.34. The van der Waals surface area contributed by atoms with Crippen molar-refractivity contribution in [1.29, 1.82) is 5.26 Å². The third-order valence-electron chi connectivity index (χ3n) is 2.50. The van der Waals surface area contributed by atoms with Crippen molar-refractivity contribution in [3.8, 4) is 6.07 Å². The fraction of sp³-hybridized carbons (Fsp3) is 0.636. The Bertz CT molecular complexity index is 390. The summed E-state index contributed by atoms with van der Waals surface area (Å²) in [5.74, 6) is -2.89. The van der Waals surface area contributed by atoms with Gasteiger partial charge in [-0.25, -0.2) is 0 Å². The predicted molar refractivity (Wildman–Crippen MR) is 67.6 cm³/mol. The monoisotopic (exact) mass is 286 g/mol. The predicted octanol–water partition coefficient (Wildman–Crippen LogP) is -1.84. The van der Waals surface area contributed by atoms with E-state index in [1.54, 1.807) is 6.92 Å². The van der Waals surface area contributed by atoms with E-state index in [1.807, 2.05) is 6.07 Å². The molecule has 0 rings (SSSR count). The van der Waals surface area contributed by atoms with E-state index < -0.39 is 23.9 Å². The second kappa shape index (κ2) is 8.84. The van der Waals surface area contributed by atoms with Crippen molar-refractivity contribution in [3.05, 3.63) is 0 Å². The molecule has 1 amide bonds. The first kappa shape index (κ1) is 17.8. The molecule has 9 heteroatoms. The van der Waals surface area contributed by atoms with Gasteiger partial charge in [-0.3, -0.25) is 24.2 Å². The standard InChI is InChI=1S/C11H18N4O5/c1-8(15(3-2-12)7-11(19)20)4-14(5-9(13)16)6-10(17)18/h8H,3-7H2,1H3,(H2,13,16)(H,17,18)(H,19,20)/t8-/m1/s1. The lowest BCUT2D eigenvalue weighted by Gasteiger charge is -2.29. The first-order valence-corrected chi connectivity index (χ1v) is 5.81. The van der Waals surface area contributed by atoms with Crippen molar-refractivity contribution in [3.63, 3.8) is 0 Å². The zero-order valence-corrected chi connectivity index (χ0v) is 11.2. The van der Waals surface area contributed by atoms with E-state index >= 15 is 0 Å². The Hall–Kier alpha value is -2.18. The minimum absolute atomic E-state index is 0.106. The number of carbonyl (C=O) groups excluding carboxylic acids is 1. The van der Waals surface area contributed by atoms with Crippen molar-refractivity contribution >= 4 is 17.8 Å². The van der Waals surface area contributed by atoms with Crippen molar-refractivity contribution in [2.45, 2.75) is 13.0 Å². The molecule has 9 nitrogen and oxygen atoms in total. The summed E-state index contributed by atoms with van der Waals surface area (Å²) < 4.78 is 0. The molecule has 1 atom stereocenters. The van der Waals surface area contributed by atoms with Gasteiger partial charge >= 0.3 is 11.9 Å². The molecule has 0 aromatic carbocycles. The molecule has 0 bridgehead atoms. The van der Waals surface area contributed by atoms with E-state index in [9.17, 15) is 14.4 Å². The summed E-state index contributed by atoms with van der Waals surface area (Å²) in [6, 6.07) is 1.43. The number of hydrogen-bond donors (Lipinski definition) is 3. The normalized spacial score (nSPS) is 12.1. The number of nitrogens with zero attached hydrogens (tertiary/aromatic N) is 3. The topological polar surface area (TPSA) is 148 Å². The van der Waals surface area contributed by atoms with Gasteiger partial charge in [-0.05, 0) is 6.92 Å². The summed E-state index contributed by atoms with van der Waals surface area (Å²) in [5, 5.41) is 26.2. The Balaban J connectivity index is 4.70. The van der Waals surface area contributed by atoms with Gasteiger partial charge in [-0.1, -0.05) is 0 Å². The van der Waals surface area contributed by atoms with Crippen LogP contribution in [0.3, 0.4) is 0 Å². The molecule has 112 valence electrons. The Morgan fingerprint density at radius 3 is 2.15 bits per heavy atom. The van der Waals surface area contributed by atoms with Gasteiger partial charge in [0.05, 0.1) is 32.2 Å². The van der Waals surface area contributed by atoms with Gasteiger partial charge in [0, 0.05) is 12.6 Å². The van der Waals surface area contributed by atoms with Crippen molar-refractivity contribution in [2.24, 2.45) is 5.73 Å². The van der Waals surface area contributed by atoms with Crippen LogP contribution in [-0.4, -0.2) is 76.6 Å². The smallest absolute Gasteiger partial charge is 0.317 e. The molecule has 4 N–H and O–H groups in total. The van der Waals surface area contributed by atoms with Gasteiger partial charge < -0.3 is 15.9 Å². The van der Waals surface area contributed by atoms with Crippen LogP contribution >= 0.6 is 0 Å². The zero-order chi connectivity index (χ0) is 15.7. The lowest BCUT2D eigenvalue weighted by atomic mass is 10.2. The average Bonchev–Trinajstić information content (AvgIpc) is 2.25. The fourth-order valence-electron chi connectivity index (χ4n) is 1.72. The van der Waals surface area contributed by atoms with Crippen molar-refractivity contribution in [1.82, 2.24) is 9.80 Å². The second-order valence-corrected chi connectivity index (χ2v) is 4.34. The highest BCUT2D eigenvalue weighted by atomic mass is 16.4. The molecule has 0 aliphatic carbocycles. The van der Waals surface area contributed by atoms with Crippen LogP contribution in [0.4, 0.5) is 0 Å². The quantitative estimate of drug-likeness (QED) is 0.397. The minimum atomic E-state index is -1.12. The Morgan fingerprint density at radius 2 is 1.75 bits per heavy atom. The van der Waals surface area contributed by atoms with Crippen LogP contribution in [0.5, 0.6) is 0 Å². The number of hydrogen-bond acceptors (Lipinski definition) is 6. The van der Waals surface area contributed by atoms with Gasteiger partial charge in [0.15, 0.2) is 0 Å². The highest BCUT2D eigenvalue weighted by Crippen LogP contribution is 2.02. The molecule has 0 saturated carbocycles. The first-order chi connectivity index (χ1) is 9.26. The number of carboxylic acid groups (broad SMARTS) is 2. The number of nitrogens with two attached hydrogens (primary N) is 1. The van der Waals surface area contributed by atoms with E-state index in [-0.39, 0.29) is 32.7 Å². The first-order valence-electron chi connectivity index (χ1n) is 5.81. The molecule has 0 heterocycles. The molecule has 0 aliphatic rings. The lowest BCUT2D eigenvalue weighted by Crippen LogP contribution is -2.47. The average molecular weight is 286 g/mol. The number of nitriles is 1. The van der Waals surface area contributed by atoms with Gasteiger partial charge in [-0.2, -0.15) is 5.26 Å². The molecule has 0 aliphatic heterocycles. The number of primary amides is 1. The van der Waals surface area contributed by atoms with E-state index in [0.29, 0.717) is 0 Å². The maximum atomic E-state index is 10.9. The number of carbonyl (C=O) groups is 3. The van der Waals surface area contributed by atoms with E-state index in [4.69, 9.17) is 21.2 Å². The fourth-order valence-corrected chi connectivity index (χ4v) is 1.72. The third-order valence-corrected chi connectivity index (χ3v) is 2.50. The van der Waals surface area contributed by atoms with Crippen LogP contribution in [0.2, 0.25) is 0 Å². The van der Waals surface area contributed by atoms with Crippen LogP contribution < -0.4 is 5.73 Å². The maximum absolute atomic E-state index is 10.9. The third kappa shape index (κ3) is 8.02. The molecule has 0 spiro atoms. The highest BCUT2D eigenvalue weighted by molar-refractivity contribution is 5.77. The largest absolute Gasteiger partial charge is 0.480 e. The van der Waals surface area contributed by atoms with E-state index in [0.717, 1.165) is 0 Å². The van der Waals surface area contributed by atoms with Gasteiger partial charge in [0.25, 0.3) is 0 Å².